The van der Waals surface area contributed by atoms with E-state index in [0.717, 1.165) is 30.5 Å². The molecular weight excluding hydrogens is 326 g/mol. The Labute approximate surface area is 143 Å². The lowest BCUT2D eigenvalue weighted by Gasteiger charge is -2.39. The highest BCUT2D eigenvalue weighted by molar-refractivity contribution is 7.13. The maximum absolute atomic E-state index is 5.35. The molecule has 8 heteroatoms. The summed E-state index contributed by atoms with van der Waals surface area (Å²) < 4.78 is 10.6. The van der Waals surface area contributed by atoms with Gasteiger partial charge in [-0.05, 0) is 26.0 Å². The van der Waals surface area contributed by atoms with Crippen molar-refractivity contribution in [1.29, 1.82) is 0 Å². The molecule has 0 bridgehead atoms. The van der Waals surface area contributed by atoms with Crippen molar-refractivity contribution in [2.24, 2.45) is 0 Å². The van der Waals surface area contributed by atoms with Gasteiger partial charge in [-0.1, -0.05) is 5.16 Å². The van der Waals surface area contributed by atoms with E-state index in [4.69, 9.17) is 8.94 Å². The van der Waals surface area contributed by atoms with Gasteiger partial charge in [0.25, 0.3) is 0 Å². The van der Waals surface area contributed by atoms with Crippen LogP contribution in [0.25, 0.3) is 11.6 Å². The molecule has 1 aliphatic heterocycles. The number of anilines is 1. The van der Waals surface area contributed by atoms with Crippen LogP contribution in [0.4, 0.5) is 5.13 Å². The third-order valence-electron chi connectivity index (χ3n) is 4.13. The number of furan rings is 1. The number of rotatable bonds is 4. The lowest BCUT2D eigenvalue weighted by atomic mass is 10.2. The summed E-state index contributed by atoms with van der Waals surface area (Å²) in [5.41, 5.74) is 1.08. The second-order valence-corrected chi connectivity index (χ2v) is 6.87. The molecule has 1 saturated heterocycles. The second kappa shape index (κ2) is 6.37. The molecule has 0 aromatic carbocycles. The smallest absolute Gasteiger partial charge is 0.241 e. The van der Waals surface area contributed by atoms with E-state index in [0.29, 0.717) is 30.1 Å². The number of aryl methyl sites for hydroxylation is 1. The Hall–Kier alpha value is -2.19. The molecule has 1 atom stereocenters. The van der Waals surface area contributed by atoms with Crippen LogP contribution in [0, 0.1) is 6.92 Å². The van der Waals surface area contributed by atoms with Crippen molar-refractivity contribution in [2.45, 2.75) is 26.4 Å². The van der Waals surface area contributed by atoms with E-state index < -0.39 is 0 Å². The first-order valence-electron chi connectivity index (χ1n) is 7.96. The third kappa shape index (κ3) is 3.07. The molecule has 0 aliphatic carbocycles. The summed E-state index contributed by atoms with van der Waals surface area (Å²) in [5.74, 6) is 1.74. The lowest BCUT2D eigenvalue weighted by Crippen LogP contribution is -2.51. The van der Waals surface area contributed by atoms with Gasteiger partial charge in [0, 0.05) is 31.1 Å². The molecule has 1 fully saturated rings. The average molecular weight is 345 g/mol. The second-order valence-electron chi connectivity index (χ2n) is 6.04. The zero-order chi connectivity index (χ0) is 16.5. The van der Waals surface area contributed by atoms with Crippen LogP contribution in [-0.4, -0.2) is 45.7 Å². The molecule has 0 radical (unpaired) electrons. The maximum Gasteiger partial charge on any atom is 0.241 e. The van der Waals surface area contributed by atoms with Crippen LogP contribution in [0.15, 0.2) is 32.7 Å². The van der Waals surface area contributed by atoms with E-state index in [1.165, 1.54) is 0 Å². The number of nitrogens with zero attached hydrogens (tertiary/aromatic N) is 5. The van der Waals surface area contributed by atoms with Crippen molar-refractivity contribution in [3.63, 3.8) is 0 Å². The standard InChI is InChI=1S/C16H19N5O2S/c1-11-10-24-16(17-11)21-6-5-20(8-12(21)2)9-14-18-15(19-23-14)13-4-3-7-22-13/h3-4,7,10,12H,5-6,8-9H2,1-2H3/t12-/m0/s1. The molecule has 4 rings (SSSR count). The predicted molar refractivity (Wildman–Crippen MR) is 90.9 cm³/mol. The molecule has 0 saturated carbocycles. The summed E-state index contributed by atoms with van der Waals surface area (Å²) in [6.45, 7) is 7.76. The highest BCUT2D eigenvalue weighted by Crippen LogP contribution is 2.25. The Morgan fingerprint density at radius 2 is 2.25 bits per heavy atom. The Balaban J connectivity index is 1.39. The van der Waals surface area contributed by atoms with Gasteiger partial charge in [0.05, 0.1) is 18.5 Å². The highest BCUT2D eigenvalue weighted by atomic mass is 32.1. The van der Waals surface area contributed by atoms with Crippen LogP contribution in [0.1, 0.15) is 18.5 Å². The third-order valence-corrected chi connectivity index (χ3v) is 5.13. The molecule has 7 nitrogen and oxygen atoms in total. The minimum absolute atomic E-state index is 0.400. The molecule has 3 aromatic rings. The zero-order valence-electron chi connectivity index (χ0n) is 13.7. The van der Waals surface area contributed by atoms with Crippen LogP contribution in [-0.2, 0) is 6.54 Å². The number of hydrogen-bond donors (Lipinski definition) is 0. The van der Waals surface area contributed by atoms with Crippen molar-refractivity contribution < 1.29 is 8.94 Å². The van der Waals surface area contributed by atoms with Gasteiger partial charge >= 0.3 is 0 Å². The fraction of sp³-hybridized carbons (Fsp3) is 0.438. The molecule has 1 aliphatic rings. The summed E-state index contributed by atoms with van der Waals surface area (Å²) in [4.78, 5) is 13.7. The Morgan fingerprint density at radius 1 is 1.33 bits per heavy atom. The summed E-state index contributed by atoms with van der Waals surface area (Å²) >= 11 is 1.71. The van der Waals surface area contributed by atoms with Crippen LogP contribution in [0.3, 0.4) is 0 Å². The maximum atomic E-state index is 5.35. The first-order chi connectivity index (χ1) is 11.7. The normalized spacial score (nSPS) is 19.1. The molecular formula is C16H19N5O2S. The summed E-state index contributed by atoms with van der Waals surface area (Å²) in [5, 5.41) is 7.19. The number of thiazole rings is 1. The minimum atomic E-state index is 0.400. The van der Waals surface area contributed by atoms with E-state index in [1.54, 1.807) is 17.6 Å². The largest absolute Gasteiger partial charge is 0.461 e. The van der Waals surface area contributed by atoms with Gasteiger partial charge in [-0.25, -0.2) is 4.98 Å². The molecule has 0 amide bonds. The molecule has 3 aromatic heterocycles. The quantitative estimate of drug-likeness (QED) is 0.720. The van der Waals surface area contributed by atoms with E-state index in [1.807, 2.05) is 19.1 Å². The SMILES string of the molecule is Cc1csc(N2CCN(Cc3nc(-c4ccco4)no3)C[C@@H]2C)n1. The van der Waals surface area contributed by atoms with Gasteiger partial charge in [0.15, 0.2) is 10.9 Å². The molecule has 4 heterocycles. The molecule has 0 unspecified atom stereocenters. The van der Waals surface area contributed by atoms with Gasteiger partial charge in [-0.3, -0.25) is 4.90 Å². The number of piperazine rings is 1. The molecule has 0 spiro atoms. The van der Waals surface area contributed by atoms with E-state index in [9.17, 15) is 0 Å². The van der Waals surface area contributed by atoms with Crippen molar-refractivity contribution >= 4 is 16.5 Å². The van der Waals surface area contributed by atoms with Crippen molar-refractivity contribution in [3.05, 3.63) is 35.4 Å². The monoisotopic (exact) mass is 345 g/mol. The van der Waals surface area contributed by atoms with E-state index in [2.05, 4.69) is 37.2 Å². The van der Waals surface area contributed by atoms with Gasteiger partial charge in [-0.2, -0.15) is 4.98 Å². The van der Waals surface area contributed by atoms with Crippen LogP contribution in [0.2, 0.25) is 0 Å². The van der Waals surface area contributed by atoms with Gasteiger partial charge in [-0.15, -0.1) is 11.3 Å². The Kier molecular flexibility index (Phi) is 4.07. The van der Waals surface area contributed by atoms with Crippen molar-refractivity contribution in [1.82, 2.24) is 20.0 Å². The van der Waals surface area contributed by atoms with Crippen molar-refractivity contribution in [3.8, 4) is 11.6 Å². The number of hydrogen-bond acceptors (Lipinski definition) is 8. The first-order valence-corrected chi connectivity index (χ1v) is 8.84. The molecule has 24 heavy (non-hydrogen) atoms. The van der Waals surface area contributed by atoms with E-state index in [-0.39, 0.29) is 0 Å². The summed E-state index contributed by atoms with van der Waals surface area (Å²) in [7, 11) is 0. The predicted octanol–water partition coefficient (Wildman–Crippen LogP) is 2.81. The zero-order valence-corrected chi connectivity index (χ0v) is 14.5. The van der Waals surface area contributed by atoms with Crippen LogP contribution in [0.5, 0.6) is 0 Å². The average Bonchev–Trinajstić information content (AvgIpc) is 3.28. The highest BCUT2D eigenvalue weighted by Gasteiger charge is 2.26. The fourth-order valence-corrected chi connectivity index (χ4v) is 3.88. The Morgan fingerprint density at radius 3 is 2.96 bits per heavy atom. The van der Waals surface area contributed by atoms with Crippen LogP contribution >= 0.6 is 11.3 Å². The van der Waals surface area contributed by atoms with Crippen molar-refractivity contribution in [2.75, 3.05) is 24.5 Å². The number of aromatic nitrogens is 3. The van der Waals surface area contributed by atoms with Gasteiger partial charge in [0.1, 0.15) is 0 Å². The first kappa shape index (κ1) is 15.3. The van der Waals surface area contributed by atoms with Gasteiger partial charge in [0.2, 0.25) is 11.7 Å². The fourth-order valence-electron chi connectivity index (χ4n) is 2.95. The summed E-state index contributed by atoms with van der Waals surface area (Å²) in [6, 6.07) is 4.04. The van der Waals surface area contributed by atoms with Gasteiger partial charge < -0.3 is 13.8 Å². The lowest BCUT2D eigenvalue weighted by molar-refractivity contribution is 0.194. The van der Waals surface area contributed by atoms with Crippen LogP contribution < -0.4 is 4.90 Å². The minimum Gasteiger partial charge on any atom is -0.461 e. The summed E-state index contributed by atoms with van der Waals surface area (Å²) in [6.07, 6.45) is 1.60. The molecule has 0 N–H and O–H groups in total. The molecule has 126 valence electrons. The Bertz CT molecular complexity index is 797. The van der Waals surface area contributed by atoms with E-state index >= 15 is 0 Å². The topological polar surface area (TPSA) is 71.4 Å².